The SMILES string of the molecule is Cc1nc2ccccn2c1C(C(N)=S)N1CCNCC1. The van der Waals surface area contributed by atoms with Crippen LogP contribution in [0.1, 0.15) is 17.4 Å². The number of fused-ring (bicyclic) bond motifs is 1. The average molecular weight is 289 g/mol. The highest BCUT2D eigenvalue weighted by Crippen LogP contribution is 2.25. The van der Waals surface area contributed by atoms with Crippen LogP contribution >= 0.6 is 12.2 Å². The summed E-state index contributed by atoms with van der Waals surface area (Å²) in [6.07, 6.45) is 2.03. The molecule has 106 valence electrons. The number of hydrogen-bond acceptors (Lipinski definition) is 4. The van der Waals surface area contributed by atoms with E-state index in [1.165, 1.54) is 0 Å². The van der Waals surface area contributed by atoms with Crippen molar-refractivity contribution < 1.29 is 0 Å². The van der Waals surface area contributed by atoms with Crippen molar-refractivity contribution in [3.05, 3.63) is 35.8 Å². The zero-order valence-electron chi connectivity index (χ0n) is 11.5. The Bertz CT molecular complexity index is 630. The molecule has 0 radical (unpaired) electrons. The van der Waals surface area contributed by atoms with Crippen molar-refractivity contribution in [3.8, 4) is 0 Å². The first-order valence-electron chi connectivity index (χ1n) is 6.86. The maximum absolute atomic E-state index is 6.05. The molecule has 5 nitrogen and oxygen atoms in total. The molecule has 2 aromatic heterocycles. The van der Waals surface area contributed by atoms with Gasteiger partial charge in [0.25, 0.3) is 0 Å². The van der Waals surface area contributed by atoms with Crippen LogP contribution in [-0.4, -0.2) is 45.5 Å². The smallest absolute Gasteiger partial charge is 0.137 e. The van der Waals surface area contributed by atoms with Crippen LogP contribution in [0.2, 0.25) is 0 Å². The van der Waals surface area contributed by atoms with Gasteiger partial charge in [0.05, 0.1) is 16.4 Å². The highest BCUT2D eigenvalue weighted by atomic mass is 32.1. The Balaban J connectivity index is 2.09. The fourth-order valence-electron chi connectivity index (χ4n) is 2.89. The second kappa shape index (κ2) is 5.47. The van der Waals surface area contributed by atoms with E-state index in [4.69, 9.17) is 18.0 Å². The van der Waals surface area contributed by atoms with Crippen LogP contribution < -0.4 is 11.1 Å². The summed E-state index contributed by atoms with van der Waals surface area (Å²) in [6, 6.07) is 5.95. The van der Waals surface area contributed by atoms with Gasteiger partial charge in [-0.1, -0.05) is 18.3 Å². The zero-order valence-corrected chi connectivity index (χ0v) is 12.4. The van der Waals surface area contributed by atoms with E-state index in [9.17, 15) is 0 Å². The quantitative estimate of drug-likeness (QED) is 0.821. The van der Waals surface area contributed by atoms with Gasteiger partial charge in [-0.2, -0.15) is 0 Å². The third-order valence-electron chi connectivity index (χ3n) is 3.80. The molecule has 0 amide bonds. The predicted octanol–water partition coefficient (Wildman–Crippen LogP) is 0.875. The van der Waals surface area contributed by atoms with Gasteiger partial charge in [-0.15, -0.1) is 0 Å². The number of thiocarbonyl (C=S) groups is 1. The number of pyridine rings is 1. The molecule has 2 aromatic rings. The van der Waals surface area contributed by atoms with Crippen LogP contribution in [0.15, 0.2) is 24.4 Å². The highest BCUT2D eigenvalue weighted by molar-refractivity contribution is 7.80. The normalized spacial score (nSPS) is 18.2. The largest absolute Gasteiger partial charge is 0.392 e. The first-order valence-corrected chi connectivity index (χ1v) is 7.27. The van der Waals surface area contributed by atoms with Crippen molar-refractivity contribution in [3.63, 3.8) is 0 Å². The molecule has 1 fully saturated rings. The molecule has 6 heteroatoms. The molecule has 0 saturated carbocycles. The lowest BCUT2D eigenvalue weighted by molar-refractivity contribution is 0.211. The van der Waals surface area contributed by atoms with Gasteiger partial charge in [-0.25, -0.2) is 4.98 Å². The van der Waals surface area contributed by atoms with E-state index in [-0.39, 0.29) is 6.04 Å². The number of piperazine rings is 1. The summed E-state index contributed by atoms with van der Waals surface area (Å²) in [5.41, 5.74) is 9.07. The summed E-state index contributed by atoms with van der Waals surface area (Å²) < 4.78 is 2.10. The van der Waals surface area contributed by atoms with Crippen molar-refractivity contribution in [1.82, 2.24) is 19.6 Å². The van der Waals surface area contributed by atoms with E-state index < -0.39 is 0 Å². The number of imidazole rings is 1. The topological polar surface area (TPSA) is 58.6 Å². The third kappa shape index (κ3) is 2.30. The molecule has 1 saturated heterocycles. The summed E-state index contributed by atoms with van der Waals surface area (Å²) in [5, 5.41) is 3.36. The van der Waals surface area contributed by atoms with E-state index in [2.05, 4.69) is 19.6 Å². The minimum Gasteiger partial charge on any atom is -0.392 e. The van der Waals surface area contributed by atoms with Crippen molar-refractivity contribution >= 4 is 22.9 Å². The minimum absolute atomic E-state index is 0.0514. The Morgan fingerprint density at radius 2 is 2.15 bits per heavy atom. The van der Waals surface area contributed by atoms with Crippen molar-refractivity contribution in [2.75, 3.05) is 26.2 Å². The number of nitrogens with one attached hydrogen (secondary N) is 1. The Labute approximate surface area is 123 Å². The average Bonchev–Trinajstić information content (AvgIpc) is 2.77. The van der Waals surface area contributed by atoms with Gasteiger partial charge in [0.2, 0.25) is 0 Å². The maximum atomic E-state index is 6.05. The summed E-state index contributed by atoms with van der Waals surface area (Å²) in [4.78, 5) is 7.47. The molecule has 3 N–H and O–H groups in total. The van der Waals surface area contributed by atoms with E-state index in [0.717, 1.165) is 43.2 Å². The van der Waals surface area contributed by atoms with Crippen molar-refractivity contribution in [1.29, 1.82) is 0 Å². The lowest BCUT2D eigenvalue weighted by Crippen LogP contribution is -2.48. The number of rotatable bonds is 3. The first-order chi connectivity index (χ1) is 9.68. The second-order valence-electron chi connectivity index (χ2n) is 5.10. The van der Waals surface area contributed by atoms with Crippen LogP contribution in [0.5, 0.6) is 0 Å². The van der Waals surface area contributed by atoms with Gasteiger partial charge in [0.1, 0.15) is 11.7 Å². The van der Waals surface area contributed by atoms with E-state index in [1.54, 1.807) is 0 Å². The van der Waals surface area contributed by atoms with Gasteiger partial charge in [-0.3, -0.25) is 4.90 Å². The van der Waals surface area contributed by atoms with E-state index in [1.807, 2.05) is 31.3 Å². The minimum atomic E-state index is -0.0514. The van der Waals surface area contributed by atoms with Crippen LogP contribution in [-0.2, 0) is 0 Å². The summed E-state index contributed by atoms with van der Waals surface area (Å²) in [5.74, 6) is 0. The lowest BCUT2D eigenvalue weighted by atomic mass is 10.1. The predicted molar refractivity (Wildman–Crippen MR) is 83.9 cm³/mol. The number of nitrogens with two attached hydrogens (primary N) is 1. The molecular weight excluding hydrogens is 270 g/mol. The molecule has 0 aromatic carbocycles. The molecule has 3 heterocycles. The van der Waals surface area contributed by atoms with Gasteiger partial charge in [0, 0.05) is 32.4 Å². The molecule has 1 aliphatic rings. The molecule has 1 atom stereocenters. The summed E-state index contributed by atoms with van der Waals surface area (Å²) >= 11 is 5.34. The van der Waals surface area contributed by atoms with Gasteiger partial charge in [0.15, 0.2) is 0 Å². The number of aromatic nitrogens is 2. The molecule has 3 rings (SSSR count). The van der Waals surface area contributed by atoms with Crippen LogP contribution in [0.4, 0.5) is 0 Å². The highest BCUT2D eigenvalue weighted by Gasteiger charge is 2.28. The van der Waals surface area contributed by atoms with Crippen LogP contribution in [0.3, 0.4) is 0 Å². The van der Waals surface area contributed by atoms with E-state index >= 15 is 0 Å². The van der Waals surface area contributed by atoms with Crippen molar-refractivity contribution in [2.24, 2.45) is 5.73 Å². The zero-order chi connectivity index (χ0) is 14.1. The van der Waals surface area contributed by atoms with Crippen LogP contribution in [0.25, 0.3) is 5.65 Å². The van der Waals surface area contributed by atoms with E-state index in [0.29, 0.717) is 4.99 Å². The third-order valence-corrected chi connectivity index (χ3v) is 4.02. The molecular formula is C14H19N5S. The molecule has 1 aliphatic heterocycles. The number of nitrogens with zero attached hydrogens (tertiary/aromatic N) is 3. The van der Waals surface area contributed by atoms with Crippen LogP contribution in [0, 0.1) is 6.92 Å². The Morgan fingerprint density at radius 1 is 1.40 bits per heavy atom. The Kier molecular flexibility index (Phi) is 3.69. The van der Waals surface area contributed by atoms with Crippen molar-refractivity contribution in [2.45, 2.75) is 13.0 Å². The van der Waals surface area contributed by atoms with Gasteiger partial charge < -0.3 is 15.5 Å². The molecule has 1 unspecified atom stereocenters. The molecule has 0 aliphatic carbocycles. The lowest BCUT2D eigenvalue weighted by Gasteiger charge is -2.34. The monoisotopic (exact) mass is 289 g/mol. The standard InChI is InChI=1S/C14H19N5S/c1-10-12(19-7-3-2-4-11(19)17-10)13(14(15)20)18-8-5-16-6-9-18/h2-4,7,13,16H,5-6,8-9H2,1H3,(H2,15,20). The molecule has 0 spiro atoms. The second-order valence-corrected chi connectivity index (χ2v) is 5.57. The Morgan fingerprint density at radius 3 is 2.85 bits per heavy atom. The fourth-order valence-corrected chi connectivity index (χ4v) is 3.15. The van der Waals surface area contributed by atoms with Gasteiger partial charge in [-0.05, 0) is 19.1 Å². The maximum Gasteiger partial charge on any atom is 0.137 e. The number of hydrogen-bond donors (Lipinski definition) is 2. The first kappa shape index (κ1) is 13.5. The molecule has 0 bridgehead atoms. The Hall–Kier alpha value is -1.50. The van der Waals surface area contributed by atoms with Gasteiger partial charge >= 0.3 is 0 Å². The summed E-state index contributed by atoms with van der Waals surface area (Å²) in [6.45, 7) is 5.85. The molecule has 20 heavy (non-hydrogen) atoms. The number of aryl methyl sites for hydroxylation is 1. The fraction of sp³-hybridized carbons (Fsp3) is 0.429. The summed E-state index contributed by atoms with van der Waals surface area (Å²) in [7, 11) is 0.